The molecule has 1 amide bonds. The number of benzene rings is 4. The first kappa shape index (κ1) is 28.2. The molecule has 0 atom stereocenters. The summed E-state index contributed by atoms with van der Waals surface area (Å²) in [5, 5.41) is 12.4. The number of carbonyl (C=O) groups excluding carboxylic acids is 1. The van der Waals surface area contributed by atoms with Gasteiger partial charge in [0.05, 0.1) is 22.2 Å². The van der Waals surface area contributed by atoms with Crippen molar-refractivity contribution in [1.29, 1.82) is 0 Å². The van der Waals surface area contributed by atoms with Crippen molar-refractivity contribution in [2.75, 3.05) is 5.32 Å². The molecule has 1 aliphatic carbocycles. The zero-order valence-corrected chi connectivity index (χ0v) is 23.1. The molecule has 2 N–H and O–H groups in total. The molecule has 0 spiro atoms. The monoisotopic (exact) mass is 583 g/mol. The molecule has 0 radical (unpaired) electrons. The normalized spacial score (nSPS) is 14.1. The van der Waals surface area contributed by atoms with Crippen molar-refractivity contribution < 1.29 is 27.9 Å². The van der Waals surface area contributed by atoms with Crippen LogP contribution in [0.4, 0.5) is 18.9 Å². The van der Waals surface area contributed by atoms with Crippen LogP contribution in [-0.2, 0) is 6.18 Å². The maximum Gasteiger partial charge on any atom is 0.416 e. The molecule has 1 aliphatic rings. The van der Waals surface area contributed by atoms with Gasteiger partial charge in [-0.25, -0.2) is 9.78 Å². The van der Waals surface area contributed by atoms with Crippen molar-refractivity contribution in [2.24, 2.45) is 0 Å². The summed E-state index contributed by atoms with van der Waals surface area (Å²) in [4.78, 5) is 29.7. The second-order valence-corrected chi connectivity index (χ2v) is 10.8. The van der Waals surface area contributed by atoms with Gasteiger partial charge in [0.25, 0.3) is 5.91 Å². The van der Waals surface area contributed by atoms with Crippen LogP contribution in [0.3, 0.4) is 0 Å². The number of hydrogen-bond acceptors (Lipinski definition) is 3. The fraction of sp³-hybridized carbons (Fsp3) is 0.206. The highest BCUT2D eigenvalue weighted by atomic mass is 19.4. The number of amides is 1. The van der Waals surface area contributed by atoms with Crippen LogP contribution in [0.15, 0.2) is 91.0 Å². The van der Waals surface area contributed by atoms with Crippen molar-refractivity contribution in [3.8, 4) is 22.5 Å². The Morgan fingerprint density at radius 2 is 1.51 bits per heavy atom. The number of hydrogen-bond donors (Lipinski definition) is 2. The van der Waals surface area contributed by atoms with Crippen molar-refractivity contribution in [3.05, 3.63) is 108 Å². The average Bonchev–Trinajstić information content (AvgIpc) is 3.40. The molecule has 43 heavy (non-hydrogen) atoms. The molecule has 1 heterocycles. The Morgan fingerprint density at radius 3 is 2.19 bits per heavy atom. The maximum absolute atomic E-state index is 13.3. The molecule has 1 aromatic heterocycles. The quantitative estimate of drug-likeness (QED) is 0.209. The van der Waals surface area contributed by atoms with E-state index in [9.17, 15) is 27.9 Å². The lowest BCUT2D eigenvalue weighted by Crippen LogP contribution is -2.14. The van der Waals surface area contributed by atoms with E-state index in [4.69, 9.17) is 4.98 Å². The van der Waals surface area contributed by atoms with Gasteiger partial charge in [0.1, 0.15) is 5.82 Å². The number of halogens is 3. The number of anilines is 1. The molecule has 5 aromatic rings. The summed E-state index contributed by atoms with van der Waals surface area (Å²) in [5.74, 6) is -0.649. The fourth-order valence-corrected chi connectivity index (χ4v) is 5.82. The van der Waals surface area contributed by atoms with E-state index in [-0.39, 0.29) is 17.5 Å². The summed E-state index contributed by atoms with van der Waals surface area (Å²) in [5.41, 5.74) is 3.68. The molecule has 4 aromatic carbocycles. The highest BCUT2D eigenvalue weighted by molar-refractivity contribution is 6.08. The summed E-state index contributed by atoms with van der Waals surface area (Å²) >= 11 is 0. The number of rotatable bonds is 6. The largest absolute Gasteiger partial charge is 0.478 e. The van der Waals surface area contributed by atoms with Gasteiger partial charge in [-0.05, 0) is 84.6 Å². The first-order valence-corrected chi connectivity index (χ1v) is 14.1. The van der Waals surface area contributed by atoms with Crippen LogP contribution in [0.1, 0.15) is 64.4 Å². The Bertz CT molecular complexity index is 1800. The number of fused-ring (bicyclic) bond motifs is 1. The second kappa shape index (κ2) is 11.4. The van der Waals surface area contributed by atoms with Crippen molar-refractivity contribution in [3.63, 3.8) is 0 Å². The van der Waals surface area contributed by atoms with Crippen molar-refractivity contribution in [1.82, 2.24) is 9.55 Å². The van der Waals surface area contributed by atoms with Gasteiger partial charge in [-0.15, -0.1) is 0 Å². The van der Waals surface area contributed by atoms with Crippen LogP contribution < -0.4 is 5.32 Å². The van der Waals surface area contributed by atoms with Gasteiger partial charge in [0.15, 0.2) is 0 Å². The van der Waals surface area contributed by atoms with Gasteiger partial charge < -0.3 is 15.0 Å². The number of imidazole rings is 1. The molecule has 0 unspecified atom stereocenters. The molecular weight excluding hydrogens is 555 g/mol. The smallest absolute Gasteiger partial charge is 0.416 e. The number of nitrogens with one attached hydrogen (secondary N) is 1. The zero-order chi connectivity index (χ0) is 30.1. The van der Waals surface area contributed by atoms with E-state index in [1.165, 1.54) is 18.6 Å². The van der Waals surface area contributed by atoms with Crippen molar-refractivity contribution in [2.45, 2.75) is 44.3 Å². The molecule has 6 rings (SSSR count). The highest BCUT2D eigenvalue weighted by Gasteiger charge is 2.30. The molecule has 0 bridgehead atoms. The van der Waals surface area contributed by atoms with E-state index in [0.29, 0.717) is 27.9 Å². The first-order chi connectivity index (χ1) is 20.7. The van der Waals surface area contributed by atoms with E-state index >= 15 is 0 Å². The molecule has 0 saturated heterocycles. The lowest BCUT2D eigenvalue weighted by molar-refractivity contribution is -0.137. The minimum atomic E-state index is -4.44. The molecule has 1 fully saturated rings. The third-order valence-corrected chi connectivity index (χ3v) is 7.97. The predicted molar refractivity (Wildman–Crippen MR) is 159 cm³/mol. The van der Waals surface area contributed by atoms with E-state index in [1.807, 2.05) is 18.2 Å². The maximum atomic E-state index is 13.3. The summed E-state index contributed by atoms with van der Waals surface area (Å²) in [6.45, 7) is 0. The molecule has 218 valence electrons. The zero-order valence-electron chi connectivity index (χ0n) is 23.1. The second-order valence-electron chi connectivity index (χ2n) is 10.8. The van der Waals surface area contributed by atoms with E-state index in [2.05, 4.69) is 9.88 Å². The van der Waals surface area contributed by atoms with Gasteiger partial charge in [-0.1, -0.05) is 49.6 Å². The molecule has 0 aliphatic heterocycles. The van der Waals surface area contributed by atoms with E-state index in [1.54, 1.807) is 48.5 Å². The van der Waals surface area contributed by atoms with Crippen molar-refractivity contribution >= 4 is 28.6 Å². The van der Waals surface area contributed by atoms with Gasteiger partial charge in [-0.3, -0.25) is 4.79 Å². The number of carboxylic acids is 1. The third kappa shape index (κ3) is 5.75. The highest BCUT2D eigenvalue weighted by Crippen LogP contribution is 2.37. The number of carbonyl (C=O) groups is 2. The number of alkyl halides is 3. The van der Waals surface area contributed by atoms with Gasteiger partial charge in [-0.2, -0.15) is 13.2 Å². The first-order valence-electron chi connectivity index (χ1n) is 14.1. The van der Waals surface area contributed by atoms with Crippen LogP contribution in [0, 0.1) is 0 Å². The van der Waals surface area contributed by atoms with Crippen LogP contribution in [0.25, 0.3) is 33.5 Å². The summed E-state index contributed by atoms with van der Waals surface area (Å²) in [6.07, 6.45) is 1.03. The minimum Gasteiger partial charge on any atom is -0.478 e. The van der Waals surface area contributed by atoms with E-state index in [0.717, 1.165) is 54.7 Å². The lowest BCUT2D eigenvalue weighted by Gasteiger charge is -2.25. The predicted octanol–water partition coefficient (Wildman–Crippen LogP) is 8.84. The fourth-order valence-electron chi connectivity index (χ4n) is 5.82. The molecule has 1 saturated carbocycles. The summed E-state index contributed by atoms with van der Waals surface area (Å²) < 4.78 is 41.3. The van der Waals surface area contributed by atoms with Crippen LogP contribution >= 0.6 is 0 Å². The standard InChI is InChI=1S/C34H28F3N3O3/c35-34(36,37)24-15-10-21(11-16-24)27-8-4-5-9-28(27)32(41)38-25-17-12-22(13-18-25)31-39-29-20-23(33(42)43)14-19-30(29)40(31)26-6-2-1-3-7-26/h4-5,8-20,26H,1-3,6-7H2,(H,38,41)(H,42,43). The van der Waals surface area contributed by atoms with Gasteiger partial charge >= 0.3 is 12.1 Å². The Hall–Kier alpha value is -4.92. The number of aromatic nitrogens is 2. The Morgan fingerprint density at radius 1 is 0.837 bits per heavy atom. The van der Waals surface area contributed by atoms with Crippen LogP contribution in [0.2, 0.25) is 0 Å². The lowest BCUT2D eigenvalue weighted by atomic mass is 9.94. The third-order valence-electron chi connectivity index (χ3n) is 7.97. The molecule has 6 nitrogen and oxygen atoms in total. The van der Waals surface area contributed by atoms with E-state index < -0.39 is 17.7 Å². The Kier molecular flexibility index (Phi) is 7.48. The number of nitrogens with zero attached hydrogens (tertiary/aromatic N) is 2. The van der Waals surface area contributed by atoms with Gasteiger partial charge in [0, 0.05) is 22.9 Å². The number of aromatic carboxylic acids is 1. The molecule has 9 heteroatoms. The van der Waals surface area contributed by atoms with Gasteiger partial charge in [0.2, 0.25) is 0 Å². The Labute approximate surface area is 245 Å². The SMILES string of the molecule is O=C(O)c1ccc2c(c1)nc(-c1ccc(NC(=O)c3ccccc3-c3ccc(C(F)(F)F)cc3)cc1)n2C1CCCCC1. The molecular formula is C34H28F3N3O3. The summed E-state index contributed by atoms with van der Waals surface area (Å²) in [6, 6.07) is 24.1. The van der Waals surface area contributed by atoms with Crippen LogP contribution in [0.5, 0.6) is 0 Å². The number of carboxylic acid groups (broad SMARTS) is 1. The Balaban J connectivity index is 1.28. The topological polar surface area (TPSA) is 84.2 Å². The van der Waals surface area contributed by atoms with Crippen LogP contribution in [-0.4, -0.2) is 26.5 Å². The minimum absolute atomic E-state index is 0.182. The average molecular weight is 584 g/mol. The summed E-state index contributed by atoms with van der Waals surface area (Å²) in [7, 11) is 0.